The van der Waals surface area contributed by atoms with E-state index in [2.05, 4.69) is 25.7 Å². The van der Waals surface area contributed by atoms with Gasteiger partial charge in [-0.1, -0.05) is 0 Å². The summed E-state index contributed by atoms with van der Waals surface area (Å²) in [5.74, 6) is -1.45. The third kappa shape index (κ3) is 5.42. The predicted octanol–water partition coefficient (Wildman–Crippen LogP) is 5.02. The van der Waals surface area contributed by atoms with Crippen molar-refractivity contribution in [1.29, 1.82) is 0 Å². The highest BCUT2D eigenvalue weighted by Crippen LogP contribution is 2.32. The highest BCUT2D eigenvalue weighted by Gasteiger charge is 2.32. The molecule has 0 unspecified atom stereocenters. The van der Waals surface area contributed by atoms with E-state index in [1.807, 2.05) is 0 Å². The number of halogens is 4. The number of hydrogen-bond acceptors (Lipinski definition) is 5. The Balaban J connectivity index is 1.65. The summed E-state index contributed by atoms with van der Waals surface area (Å²) in [7, 11) is 0. The van der Waals surface area contributed by atoms with E-state index in [0.717, 1.165) is 6.07 Å². The number of anilines is 1. The summed E-state index contributed by atoms with van der Waals surface area (Å²) in [5, 5.41) is 9.63. The van der Waals surface area contributed by atoms with Crippen molar-refractivity contribution in [2.45, 2.75) is 39.9 Å². The second kappa shape index (κ2) is 9.60. The molecule has 0 aliphatic heterocycles. The summed E-state index contributed by atoms with van der Waals surface area (Å²) in [5.41, 5.74) is 1.31. The van der Waals surface area contributed by atoms with Gasteiger partial charge in [-0.25, -0.2) is 13.9 Å². The van der Waals surface area contributed by atoms with Gasteiger partial charge in [-0.05, 0) is 57.2 Å². The fourth-order valence-electron chi connectivity index (χ4n) is 3.88. The van der Waals surface area contributed by atoms with Crippen molar-refractivity contribution in [3.63, 3.8) is 0 Å². The van der Waals surface area contributed by atoms with Gasteiger partial charge in [-0.3, -0.25) is 14.6 Å². The molecule has 8 nitrogen and oxygen atoms in total. The van der Waals surface area contributed by atoms with Gasteiger partial charge in [0.05, 0.1) is 34.8 Å². The first kappa shape index (κ1) is 25.7. The number of amides is 2. The van der Waals surface area contributed by atoms with Crippen LogP contribution in [0.25, 0.3) is 16.9 Å². The number of imidazole rings is 1. The molecule has 0 aliphatic rings. The van der Waals surface area contributed by atoms with E-state index in [4.69, 9.17) is 0 Å². The lowest BCUT2D eigenvalue weighted by Gasteiger charge is -2.18. The summed E-state index contributed by atoms with van der Waals surface area (Å²) in [4.78, 5) is 33.1. The van der Waals surface area contributed by atoms with Crippen LogP contribution in [-0.4, -0.2) is 31.4 Å². The van der Waals surface area contributed by atoms with E-state index in [-0.39, 0.29) is 17.0 Å². The standard InChI is InChI=1S/C25H22F4N6O2/c1-12(17-9-16(25(27,28)29)5-6-20(17)26)31-24(37)19-10-18(13(2)30-14(19)3)21-7-8-23-33-22(32-15(4)36)11-35(23)34-21/h5-12H,1-4H3,(H,31,37)(H,32,36)/t12-/m1/s1. The maximum Gasteiger partial charge on any atom is 0.416 e. The number of pyridine rings is 1. The minimum atomic E-state index is -4.65. The van der Waals surface area contributed by atoms with Crippen LogP contribution >= 0.6 is 0 Å². The predicted molar refractivity (Wildman–Crippen MR) is 127 cm³/mol. The fraction of sp³-hybridized carbons (Fsp3) is 0.240. The number of aryl methyl sites for hydroxylation is 2. The second-order valence-electron chi connectivity index (χ2n) is 8.51. The number of carbonyl (C=O) groups is 2. The van der Waals surface area contributed by atoms with E-state index in [1.165, 1.54) is 24.6 Å². The monoisotopic (exact) mass is 514 g/mol. The largest absolute Gasteiger partial charge is 0.416 e. The molecule has 37 heavy (non-hydrogen) atoms. The number of benzene rings is 1. The lowest BCUT2D eigenvalue weighted by atomic mass is 10.0. The van der Waals surface area contributed by atoms with Crippen LogP contribution in [0.5, 0.6) is 0 Å². The summed E-state index contributed by atoms with van der Waals surface area (Å²) in [6.07, 6.45) is -3.11. The fourth-order valence-corrected chi connectivity index (χ4v) is 3.88. The van der Waals surface area contributed by atoms with Crippen molar-refractivity contribution >= 4 is 23.3 Å². The first-order valence-corrected chi connectivity index (χ1v) is 11.1. The molecule has 2 N–H and O–H groups in total. The van der Waals surface area contributed by atoms with Crippen LogP contribution in [0.4, 0.5) is 23.4 Å². The topological polar surface area (TPSA) is 101 Å². The molecular formula is C25H22F4N6O2. The number of alkyl halides is 3. The van der Waals surface area contributed by atoms with Crippen LogP contribution in [0.2, 0.25) is 0 Å². The molecule has 3 aromatic heterocycles. The number of rotatable bonds is 5. The van der Waals surface area contributed by atoms with E-state index in [9.17, 15) is 27.2 Å². The highest BCUT2D eigenvalue weighted by molar-refractivity contribution is 5.96. The van der Waals surface area contributed by atoms with Crippen LogP contribution < -0.4 is 10.6 Å². The van der Waals surface area contributed by atoms with Gasteiger partial charge in [0.2, 0.25) is 5.91 Å². The van der Waals surface area contributed by atoms with Crippen molar-refractivity contribution in [3.05, 3.63) is 76.5 Å². The minimum absolute atomic E-state index is 0.159. The molecule has 0 fully saturated rings. The first-order chi connectivity index (χ1) is 17.3. The van der Waals surface area contributed by atoms with Crippen molar-refractivity contribution in [2.24, 2.45) is 0 Å². The Kier molecular flexibility index (Phi) is 6.68. The van der Waals surface area contributed by atoms with Crippen molar-refractivity contribution in [1.82, 2.24) is 24.9 Å². The molecule has 0 saturated carbocycles. The molecule has 1 atom stereocenters. The molecular weight excluding hydrogens is 492 g/mol. The lowest BCUT2D eigenvalue weighted by molar-refractivity contribution is -0.137. The molecule has 1 aromatic carbocycles. The highest BCUT2D eigenvalue weighted by atomic mass is 19.4. The average molecular weight is 514 g/mol. The molecule has 3 heterocycles. The van der Waals surface area contributed by atoms with Crippen LogP contribution in [0.3, 0.4) is 0 Å². The molecule has 4 rings (SSSR count). The van der Waals surface area contributed by atoms with Crippen LogP contribution in [0, 0.1) is 19.7 Å². The normalized spacial score (nSPS) is 12.4. The molecule has 0 spiro atoms. The first-order valence-electron chi connectivity index (χ1n) is 11.1. The molecule has 0 aliphatic carbocycles. The Morgan fingerprint density at radius 3 is 2.43 bits per heavy atom. The van der Waals surface area contributed by atoms with Gasteiger partial charge in [0.25, 0.3) is 5.91 Å². The number of carbonyl (C=O) groups excluding carboxylic acids is 2. The zero-order chi connectivity index (χ0) is 27.1. The second-order valence-corrected chi connectivity index (χ2v) is 8.51. The smallest absolute Gasteiger partial charge is 0.345 e. The quantitative estimate of drug-likeness (QED) is 0.365. The molecule has 0 saturated heterocycles. The van der Waals surface area contributed by atoms with Gasteiger partial charge in [0.15, 0.2) is 11.5 Å². The summed E-state index contributed by atoms with van der Waals surface area (Å²) in [6.45, 7) is 6.12. The van der Waals surface area contributed by atoms with Gasteiger partial charge in [-0.15, -0.1) is 0 Å². The average Bonchev–Trinajstić information content (AvgIpc) is 3.19. The van der Waals surface area contributed by atoms with Gasteiger partial charge in [0, 0.05) is 23.7 Å². The third-order valence-corrected chi connectivity index (χ3v) is 5.69. The van der Waals surface area contributed by atoms with E-state index in [1.54, 1.807) is 32.0 Å². The summed E-state index contributed by atoms with van der Waals surface area (Å²) >= 11 is 0. The molecule has 0 bridgehead atoms. The van der Waals surface area contributed by atoms with Crippen LogP contribution in [0.1, 0.15) is 52.8 Å². The summed E-state index contributed by atoms with van der Waals surface area (Å²) < 4.78 is 55.1. The minimum Gasteiger partial charge on any atom is -0.345 e. The molecule has 4 aromatic rings. The zero-order valence-corrected chi connectivity index (χ0v) is 20.2. The molecule has 2 amide bonds. The SMILES string of the molecule is CC(=O)Nc1cn2nc(-c3cc(C(=O)N[C@H](C)c4cc(C(F)(F)F)ccc4F)c(C)nc3C)ccc2n1. The number of nitrogens with one attached hydrogen (secondary N) is 2. The van der Waals surface area contributed by atoms with E-state index in [0.29, 0.717) is 46.2 Å². The Labute approximate surface area is 208 Å². The Morgan fingerprint density at radius 2 is 1.76 bits per heavy atom. The Hall–Kier alpha value is -4.35. The number of nitrogens with zero attached hydrogens (tertiary/aromatic N) is 4. The zero-order valence-electron chi connectivity index (χ0n) is 20.2. The number of aromatic nitrogens is 4. The molecule has 12 heteroatoms. The van der Waals surface area contributed by atoms with Gasteiger partial charge < -0.3 is 10.6 Å². The Bertz CT molecular complexity index is 1530. The number of fused-ring (bicyclic) bond motifs is 1. The third-order valence-electron chi connectivity index (χ3n) is 5.69. The maximum atomic E-state index is 14.3. The summed E-state index contributed by atoms with van der Waals surface area (Å²) in [6, 6.07) is 5.95. The van der Waals surface area contributed by atoms with Crippen molar-refractivity contribution < 1.29 is 27.2 Å². The van der Waals surface area contributed by atoms with Gasteiger partial charge in [-0.2, -0.15) is 18.3 Å². The van der Waals surface area contributed by atoms with E-state index < -0.39 is 29.5 Å². The lowest BCUT2D eigenvalue weighted by Crippen LogP contribution is -2.28. The Morgan fingerprint density at radius 1 is 1.03 bits per heavy atom. The van der Waals surface area contributed by atoms with Gasteiger partial charge in [0.1, 0.15) is 5.82 Å². The van der Waals surface area contributed by atoms with Gasteiger partial charge >= 0.3 is 6.18 Å². The van der Waals surface area contributed by atoms with Crippen molar-refractivity contribution in [2.75, 3.05) is 5.32 Å². The van der Waals surface area contributed by atoms with E-state index >= 15 is 0 Å². The molecule has 192 valence electrons. The maximum absolute atomic E-state index is 14.3. The van der Waals surface area contributed by atoms with Crippen LogP contribution in [-0.2, 0) is 11.0 Å². The van der Waals surface area contributed by atoms with Crippen LogP contribution in [0.15, 0.2) is 42.6 Å². The molecule has 0 radical (unpaired) electrons. The van der Waals surface area contributed by atoms with Crippen molar-refractivity contribution in [3.8, 4) is 11.3 Å². The number of hydrogen-bond donors (Lipinski definition) is 2.